The summed E-state index contributed by atoms with van der Waals surface area (Å²) in [6, 6.07) is 0. The van der Waals surface area contributed by atoms with E-state index in [0.717, 1.165) is 12.3 Å². The molecule has 0 radical (unpaired) electrons. The fourth-order valence-corrected chi connectivity index (χ4v) is 3.44. The van der Waals surface area contributed by atoms with Crippen molar-refractivity contribution in [3.05, 3.63) is 24.5 Å². The molecule has 0 amide bonds. The van der Waals surface area contributed by atoms with E-state index < -0.39 is 67.3 Å². The Bertz CT molecular complexity index is 550. The second-order valence-electron chi connectivity index (χ2n) is 6.47. The van der Waals surface area contributed by atoms with E-state index in [9.17, 15) is 35.7 Å². The third-order valence-electron chi connectivity index (χ3n) is 4.99. The maximum absolute atomic E-state index is 10.6. The first-order valence-electron chi connectivity index (χ1n) is 7.78. The van der Waals surface area contributed by atoms with Crippen LogP contribution < -0.4 is 0 Å². The Hall–Kier alpha value is -1.08. The maximum atomic E-state index is 10.6. The Morgan fingerprint density at radius 3 is 2.40 bits per heavy atom. The van der Waals surface area contributed by atoms with Gasteiger partial charge in [0.1, 0.15) is 42.2 Å². The Balaban J connectivity index is 1.81. The molecule has 142 valence electrons. The lowest BCUT2D eigenvalue weighted by Crippen LogP contribution is -2.61. The first-order chi connectivity index (χ1) is 11.7. The molecule has 2 aliphatic heterocycles. The summed E-state index contributed by atoms with van der Waals surface area (Å²) in [6.45, 7) is 3.01. The van der Waals surface area contributed by atoms with Crippen LogP contribution in [-0.2, 0) is 14.2 Å². The summed E-state index contributed by atoms with van der Waals surface area (Å²) in [6.07, 6.45) is -9.57. The minimum absolute atomic E-state index is 0.0638. The van der Waals surface area contributed by atoms with Crippen molar-refractivity contribution in [1.82, 2.24) is 0 Å². The Morgan fingerprint density at radius 2 is 1.76 bits per heavy atom. The lowest BCUT2D eigenvalue weighted by atomic mass is 9.86. The normalized spacial score (nSPS) is 52.8. The number of hydrogen-bond donors (Lipinski definition) is 7. The maximum Gasteiger partial charge on any atom is 0.211 e. The standard InChI is InChI=1S/C15H22O10/c1-5-7-13(23-3-2-15(7,22)12(21)8(5)17)25-14-11(20)10(19)9(18)6(4-16)24-14/h2-3,6-14,16-22H,1,4H2/t6-,7-,8-,9-,10+,11-,12-,13+,14+,15+/m1/s1. The molecule has 0 aromatic rings. The second-order valence-corrected chi connectivity index (χ2v) is 6.47. The molecule has 1 aliphatic carbocycles. The zero-order valence-corrected chi connectivity index (χ0v) is 13.1. The van der Waals surface area contributed by atoms with E-state index >= 15 is 0 Å². The number of hydrogen-bond acceptors (Lipinski definition) is 10. The van der Waals surface area contributed by atoms with E-state index in [1.165, 1.54) is 0 Å². The van der Waals surface area contributed by atoms with E-state index in [2.05, 4.69) is 6.58 Å². The van der Waals surface area contributed by atoms with Crippen LogP contribution in [0, 0.1) is 5.92 Å². The van der Waals surface area contributed by atoms with Crippen LogP contribution in [0.25, 0.3) is 0 Å². The van der Waals surface area contributed by atoms with Gasteiger partial charge in [-0.15, -0.1) is 0 Å². The molecule has 0 aromatic carbocycles. The van der Waals surface area contributed by atoms with Crippen LogP contribution in [0.2, 0.25) is 0 Å². The first kappa shape index (κ1) is 18.7. The summed E-state index contributed by atoms with van der Waals surface area (Å²) in [4.78, 5) is 0. The third kappa shape index (κ3) is 2.79. The van der Waals surface area contributed by atoms with E-state index in [1.54, 1.807) is 0 Å². The van der Waals surface area contributed by atoms with Crippen molar-refractivity contribution in [2.24, 2.45) is 5.92 Å². The topological polar surface area (TPSA) is 169 Å². The molecule has 2 heterocycles. The van der Waals surface area contributed by atoms with Crippen molar-refractivity contribution in [3.8, 4) is 0 Å². The molecule has 0 aromatic heterocycles. The van der Waals surface area contributed by atoms with Gasteiger partial charge in [-0.3, -0.25) is 0 Å². The Labute approximate surface area is 142 Å². The lowest BCUT2D eigenvalue weighted by molar-refractivity contribution is -0.343. The monoisotopic (exact) mass is 362 g/mol. The number of aliphatic hydroxyl groups is 7. The highest BCUT2D eigenvalue weighted by Crippen LogP contribution is 2.46. The lowest BCUT2D eigenvalue weighted by Gasteiger charge is -2.43. The summed E-state index contributed by atoms with van der Waals surface area (Å²) < 4.78 is 16.0. The molecule has 3 aliphatic rings. The van der Waals surface area contributed by atoms with Crippen LogP contribution >= 0.6 is 0 Å². The zero-order chi connectivity index (χ0) is 18.5. The number of rotatable bonds is 3. The van der Waals surface area contributed by atoms with E-state index in [-0.39, 0.29) is 5.57 Å². The van der Waals surface area contributed by atoms with Gasteiger partial charge in [-0.2, -0.15) is 0 Å². The van der Waals surface area contributed by atoms with Crippen molar-refractivity contribution in [3.63, 3.8) is 0 Å². The number of aliphatic hydroxyl groups excluding tert-OH is 6. The summed E-state index contributed by atoms with van der Waals surface area (Å²) in [5.41, 5.74) is -1.83. The third-order valence-corrected chi connectivity index (χ3v) is 4.99. The average molecular weight is 362 g/mol. The molecule has 1 saturated carbocycles. The van der Waals surface area contributed by atoms with Crippen molar-refractivity contribution in [1.29, 1.82) is 0 Å². The Kier molecular flexibility index (Phi) is 4.92. The van der Waals surface area contributed by atoms with Gasteiger partial charge in [0.25, 0.3) is 0 Å². The largest absolute Gasteiger partial charge is 0.472 e. The molecule has 10 heteroatoms. The van der Waals surface area contributed by atoms with Crippen molar-refractivity contribution >= 4 is 0 Å². The van der Waals surface area contributed by atoms with Crippen LogP contribution in [0.15, 0.2) is 24.5 Å². The molecule has 10 atom stereocenters. The molecule has 7 N–H and O–H groups in total. The van der Waals surface area contributed by atoms with E-state index in [4.69, 9.17) is 14.2 Å². The van der Waals surface area contributed by atoms with Gasteiger partial charge in [-0.1, -0.05) is 6.58 Å². The van der Waals surface area contributed by atoms with Gasteiger partial charge < -0.3 is 50.0 Å². The molecular weight excluding hydrogens is 340 g/mol. The van der Waals surface area contributed by atoms with Gasteiger partial charge in [0.15, 0.2) is 6.29 Å². The number of fused-ring (bicyclic) bond motifs is 1. The Morgan fingerprint density at radius 1 is 1.08 bits per heavy atom. The van der Waals surface area contributed by atoms with Crippen LogP contribution in [0.1, 0.15) is 0 Å². The van der Waals surface area contributed by atoms with Crippen LogP contribution in [0.5, 0.6) is 0 Å². The molecule has 1 saturated heterocycles. The van der Waals surface area contributed by atoms with Crippen molar-refractivity contribution < 1.29 is 50.0 Å². The SMILES string of the molecule is C=C1[C@@H](O)[C@@H](O)[C@]2(O)C=CO[C@@H](O[C@@H]3O[C@H](CO)[C@@H](O)[C@H](O)[C@H]3O)[C@@H]12. The molecule has 25 heavy (non-hydrogen) atoms. The molecule has 0 spiro atoms. The van der Waals surface area contributed by atoms with Gasteiger partial charge in [0.05, 0.1) is 18.8 Å². The van der Waals surface area contributed by atoms with Crippen molar-refractivity contribution in [2.45, 2.75) is 54.8 Å². The second kappa shape index (κ2) is 6.58. The van der Waals surface area contributed by atoms with Gasteiger partial charge >= 0.3 is 0 Å². The summed E-state index contributed by atoms with van der Waals surface area (Å²) in [5, 5.41) is 69.4. The molecule has 0 unspecified atom stereocenters. The molecule has 0 bridgehead atoms. The summed E-state index contributed by atoms with van der Waals surface area (Å²) in [5.74, 6) is -1.07. The van der Waals surface area contributed by atoms with Gasteiger partial charge in [-0.25, -0.2) is 0 Å². The smallest absolute Gasteiger partial charge is 0.211 e. The predicted molar refractivity (Wildman–Crippen MR) is 78.5 cm³/mol. The van der Waals surface area contributed by atoms with E-state index in [1.807, 2.05) is 0 Å². The highest BCUT2D eigenvalue weighted by Gasteiger charge is 2.60. The average Bonchev–Trinajstić information content (AvgIpc) is 2.76. The fraction of sp³-hybridized carbons (Fsp3) is 0.733. The molecular formula is C15H22O10. The summed E-state index contributed by atoms with van der Waals surface area (Å²) in [7, 11) is 0. The summed E-state index contributed by atoms with van der Waals surface area (Å²) >= 11 is 0. The zero-order valence-electron chi connectivity index (χ0n) is 13.1. The van der Waals surface area contributed by atoms with Crippen LogP contribution in [0.3, 0.4) is 0 Å². The van der Waals surface area contributed by atoms with Crippen LogP contribution in [-0.4, -0.2) is 97.2 Å². The minimum Gasteiger partial charge on any atom is -0.472 e. The van der Waals surface area contributed by atoms with Crippen LogP contribution in [0.4, 0.5) is 0 Å². The quantitative estimate of drug-likeness (QED) is 0.248. The van der Waals surface area contributed by atoms with Crippen molar-refractivity contribution in [2.75, 3.05) is 6.61 Å². The fourth-order valence-electron chi connectivity index (χ4n) is 3.44. The van der Waals surface area contributed by atoms with Gasteiger partial charge in [-0.05, 0) is 11.6 Å². The molecule has 2 fully saturated rings. The minimum atomic E-state index is -1.90. The van der Waals surface area contributed by atoms with E-state index in [0.29, 0.717) is 0 Å². The predicted octanol–water partition coefficient (Wildman–Crippen LogP) is -3.69. The molecule has 3 rings (SSSR count). The highest BCUT2D eigenvalue weighted by molar-refractivity contribution is 5.32. The van der Waals surface area contributed by atoms with Gasteiger partial charge in [0.2, 0.25) is 6.29 Å². The number of ether oxygens (including phenoxy) is 3. The first-order valence-corrected chi connectivity index (χ1v) is 7.78. The highest BCUT2D eigenvalue weighted by atomic mass is 16.8. The molecule has 10 nitrogen and oxygen atoms in total. The van der Waals surface area contributed by atoms with Gasteiger partial charge in [0, 0.05) is 0 Å².